The Morgan fingerprint density at radius 1 is 1.52 bits per heavy atom. The first-order chi connectivity index (χ1) is 10.1. The maximum absolute atomic E-state index is 12.3. The fraction of sp³-hybridized carbons (Fsp3) is 0.733. The molecular weight excluding hydrogens is 270 g/mol. The monoisotopic (exact) mass is 295 g/mol. The van der Waals surface area contributed by atoms with Crippen LogP contribution in [0.1, 0.15) is 29.8 Å². The van der Waals surface area contributed by atoms with Gasteiger partial charge in [-0.05, 0) is 25.8 Å². The molecule has 0 spiro atoms. The van der Waals surface area contributed by atoms with Crippen LogP contribution in [-0.4, -0.2) is 60.5 Å². The molecule has 1 saturated heterocycles. The maximum Gasteiger partial charge on any atom is 0.223 e. The highest BCUT2D eigenvalue weighted by molar-refractivity contribution is 5.76. The highest BCUT2D eigenvalue weighted by Crippen LogP contribution is 2.14. The molecule has 6 nitrogen and oxygen atoms in total. The van der Waals surface area contributed by atoms with Crippen molar-refractivity contribution in [2.75, 3.05) is 33.4 Å². The van der Waals surface area contributed by atoms with Crippen LogP contribution in [0, 0.1) is 13.8 Å². The Morgan fingerprint density at radius 2 is 2.33 bits per heavy atom. The Morgan fingerprint density at radius 3 is 3.00 bits per heavy atom. The lowest BCUT2D eigenvalue weighted by atomic mass is 10.1. The van der Waals surface area contributed by atoms with Crippen molar-refractivity contribution in [3.05, 3.63) is 17.0 Å². The zero-order chi connectivity index (χ0) is 15.2. The SMILES string of the molecule is COCCC1CN(C(=O)CCc2n[nH]c(C)c2C)CCO1. The molecule has 1 amide bonds. The summed E-state index contributed by atoms with van der Waals surface area (Å²) in [6.07, 6.45) is 2.12. The lowest BCUT2D eigenvalue weighted by Crippen LogP contribution is -2.46. The molecule has 1 unspecified atom stereocenters. The first-order valence-electron chi connectivity index (χ1n) is 7.50. The number of aromatic nitrogens is 2. The summed E-state index contributed by atoms with van der Waals surface area (Å²) in [4.78, 5) is 14.2. The Balaban J connectivity index is 1.81. The van der Waals surface area contributed by atoms with Gasteiger partial charge in [-0.3, -0.25) is 9.89 Å². The third kappa shape index (κ3) is 4.28. The van der Waals surface area contributed by atoms with Gasteiger partial charge >= 0.3 is 0 Å². The van der Waals surface area contributed by atoms with Gasteiger partial charge in [-0.2, -0.15) is 5.10 Å². The van der Waals surface area contributed by atoms with E-state index < -0.39 is 0 Å². The summed E-state index contributed by atoms with van der Waals surface area (Å²) in [6.45, 7) is 6.66. The molecule has 0 bridgehead atoms. The largest absolute Gasteiger partial charge is 0.385 e. The van der Waals surface area contributed by atoms with Crippen molar-refractivity contribution in [2.45, 2.75) is 39.2 Å². The fourth-order valence-corrected chi connectivity index (χ4v) is 2.53. The summed E-state index contributed by atoms with van der Waals surface area (Å²) in [5.41, 5.74) is 3.22. The number of ether oxygens (including phenoxy) is 2. The zero-order valence-corrected chi connectivity index (χ0v) is 13.1. The number of carbonyl (C=O) groups excluding carboxylic acids is 1. The Labute approximate surface area is 125 Å². The van der Waals surface area contributed by atoms with Gasteiger partial charge in [-0.15, -0.1) is 0 Å². The summed E-state index contributed by atoms with van der Waals surface area (Å²) in [6, 6.07) is 0. The van der Waals surface area contributed by atoms with E-state index in [9.17, 15) is 4.79 Å². The van der Waals surface area contributed by atoms with Crippen LogP contribution in [0.3, 0.4) is 0 Å². The minimum Gasteiger partial charge on any atom is -0.385 e. The second-order valence-corrected chi connectivity index (χ2v) is 5.53. The number of aryl methyl sites for hydroxylation is 2. The number of morpholine rings is 1. The van der Waals surface area contributed by atoms with Gasteiger partial charge in [-0.25, -0.2) is 0 Å². The van der Waals surface area contributed by atoms with Crippen molar-refractivity contribution < 1.29 is 14.3 Å². The molecule has 0 aromatic carbocycles. The normalized spacial score (nSPS) is 19.0. The van der Waals surface area contributed by atoms with Gasteiger partial charge in [-0.1, -0.05) is 0 Å². The Hall–Kier alpha value is -1.40. The van der Waals surface area contributed by atoms with E-state index in [1.807, 2.05) is 18.7 Å². The number of carbonyl (C=O) groups is 1. The predicted molar refractivity (Wildman–Crippen MR) is 79.2 cm³/mol. The van der Waals surface area contributed by atoms with Gasteiger partial charge in [0.05, 0.1) is 18.4 Å². The molecule has 1 aliphatic heterocycles. The van der Waals surface area contributed by atoms with Crippen molar-refractivity contribution in [3.8, 4) is 0 Å². The van der Waals surface area contributed by atoms with Gasteiger partial charge in [0.2, 0.25) is 5.91 Å². The molecule has 1 aliphatic rings. The lowest BCUT2D eigenvalue weighted by molar-refractivity contribution is -0.139. The van der Waals surface area contributed by atoms with E-state index in [-0.39, 0.29) is 12.0 Å². The van der Waals surface area contributed by atoms with Crippen molar-refractivity contribution >= 4 is 5.91 Å². The highest BCUT2D eigenvalue weighted by atomic mass is 16.5. The van der Waals surface area contributed by atoms with Crippen molar-refractivity contribution in [1.82, 2.24) is 15.1 Å². The van der Waals surface area contributed by atoms with Crippen LogP contribution in [-0.2, 0) is 20.7 Å². The van der Waals surface area contributed by atoms with E-state index in [0.717, 1.165) is 23.4 Å². The molecule has 1 aromatic heterocycles. The van der Waals surface area contributed by atoms with Gasteiger partial charge in [0, 0.05) is 45.3 Å². The minimum absolute atomic E-state index is 0.0945. The quantitative estimate of drug-likeness (QED) is 0.857. The summed E-state index contributed by atoms with van der Waals surface area (Å²) in [5.74, 6) is 0.181. The van der Waals surface area contributed by atoms with E-state index >= 15 is 0 Å². The number of H-pyrrole nitrogens is 1. The molecule has 0 aliphatic carbocycles. The van der Waals surface area contributed by atoms with Gasteiger partial charge < -0.3 is 14.4 Å². The van der Waals surface area contributed by atoms with Crippen LogP contribution in [0.5, 0.6) is 0 Å². The molecule has 0 radical (unpaired) electrons. The van der Waals surface area contributed by atoms with Gasteiger partial charge in [0.1, 0.15) is 0 Å². The van der Waals surface area contributed by atoms with Crippen molar-refractivity contribution in [2.24, 2.45) is 0 Å². The van der Waals surface area contributed by atoms with E-state index in [1.165, 1.54) is 0 Å². The standard InChI is InChI=1S/C15H25N3O3/c1-11-12(2)16-17-14(11)4-5-15(19)18-7-9-21-13(10-18)6-8-20-3/h13H,4-10H2,1-3H3,(H,16,17). The first kappa shape index (κ1) is 16.0. The minimum atomic E-state index is 0.0945. The molecule has 2 heterocycles. The van der Waals surface area contributed by atoms with Crippen molar-refractivity contribution in [1.29, 1.82) is 0 Å². The number of nitrogens with one attached hydrogen (secondary N) is 1. The van der Waals surface area contributed by atoms with E-state index in [2.05, 4.69) is 10.2 Å². The van der Waals surface area contributed by atoms with Crippen LogP contribution >= 0.6 is 0 Å². The third-order valence-electron chi connectivity index (χ3n) is 4.07. The summed E-state index contributed by atoms with van der Waals surface area (Å²) in [5, 5.41) is 7.21. The average molecular weight is 295 g/mol. The first-order valence-corrected chi connectivity index (χ1v) is 7.50. The number of amides is 1. The summed E-state index contributed by atoms with van der Waals surface area (Å²) < 4.78 is 10.7. The van der Waals surface area contributed by atoms with E-state index in [4.69, 9.17) is 9.47 Å². The van der Waals surface area contributed by atoms with Crippen LogP contribution in [0.25, 0.3) is 0 Å². The number of nitrogens with zero attached hydrogens (tertiary/aromatic N) is 2. The molecule has 118 valence electrons. The molecule has 1 atom stereocenters. The smallest absolute Gasteiger partial charge is 0.223 e. The van der Waals surface area contributed by atoms with Gasteiger partial charge in [0.15, 0.2) is 0 Å². The topological polar surface area (TPSA) is 67.5 Å². The molecule has 1 fully saturated rings. The van der Waals surface area contributed by atoms with Crippen LogP contribution in [0.4, 0.5) is 0 Å². The molecule has 1 N–H and O–H groups in total. The molecule has 1 aromatic rings. The Bertz CT molecular complexity index is 473. The molecule has 21 heavy (non-hydrogen) atoms. The fourth-order valence-electron chi connectivity index (χ4n) is 2.53. The van der Waals surface area contributed by atoms with Crippen molar-refractivity contribution in [3.63, 3.8) is 0 Å². The number of methoxy groups -OCH3 is 1. The highest BCUT2D eigenvalue weighted by Gasteiger charge is 2.24. The Kier molecular flexibility index (Phi) is 5.76. The van der Waals surface area contributed by atoms with Crippen LogP contribution in [0.2, 0.25) is 0 Å². The summed E-state index contributed by atoms with van der Waals surface area (Å²) in [7, 11) is 1.68. The average Bonchev–Trinajstić information content (AvgIpc) is 2.82. The number of aromatic amines is 1. The lowest BCUT2D eigenvalue weighted by Gasteiger charge is -2.33. The third-order valence-corrected chi connectivity index (χ3v) is 4.07. The number of hydrogen-bond acceptors (Lipinski definition) is 4. The zero-order valence-electron chi connectivity index (χ0n) is 13.1. The van der Waals surface area contributed by atoms with Gasteiger partial charge in [0.25, 0.3) is 0 Å². The second kappa shape index (κ2) is 7.56. The molecular formula is C15H25N3O3. The summed E-state index contributed by atoms with van der Waals surface area (Å²) >= 11 is 0. The molecule has 6 heteroatoms. The van der Waals surface area contributed by atoms with Crippen LogP contribution < -0.4 is 0 Å². The number of hydrogen-bond donors (Lipinski definition) is 1. The maximum atomic E-state index is 12.3. The molecule has 2 rings (SSSR count). The van der Waals surface area contributed by atoms with Crippen LogP contribution in [0.15, 0.2) is 0 Å². The predicted octanol–water partition coefficient (Wildman–Crippen LogP) is 1.22. The second-order valence-electron chi connectivity index (χ2n) is 5.53. The molecule has 0 saturated carbocycles. The van der Waals surface area contributed by atoms with E-state index in [1.54, 1.807) is 7.11 Å². The van der Waals surface area contributed by atoms with E-state index in [0.29, 0.717) is 39.1 Å². The number of rotatable bonds is 6.